The van der Waals surface area contributed by atoms with E-state index in [9.17, 15) is 9.59 Å². The summed E-state index contributed by atoms with van der Waals surface area (Å²) in [5.74, 6) is 1.42. The molecule has 0 aliphatic carbocycles. The van der Waals surface area contributed by atoms with Crippen LogP contribution in [0.15, 0.2) is 36.4 Å². The molecule has 0 saturated carbocycles. The number of hydrogen-bond acceptors (Lipinski definition) is 7. The molecule has 8 nitrogen and oxygen atoms in total. The largest absolute Gasteiger partial charge is 0.456 e. The summed E-state index contributed by atoms with van der Waals surface area (Å²) in [5, 5.41) is 3.40. The fraction of sp³-hybridized carbons (Fsp3) is 0.548. The SMILES string of the molecule is CCCN(CCC)C(=O)c1cc(C)cc(C(=O)O[C@H](CNCCC(C)C)[C@@H](N)Cc2ccc3c(c2)OCO3)c1. The number of aryl methyl sites for hydroxylation is 1. The fourth-order valence-electron chi connectivity index (χ4n) is 4.65. The van der Waals surface area contributed by atoms with Crippen molar-refractivity contribution in [2.45, 2.75) is 72.4 Å². The van der Waals surface area contributed by atoms with Crippen molar-refractivity contribution in [3.05, 3.63) is 58.7 Å². The van der Waals surface area contributed by atoms with Crippen LogP contribution in [0.1, 0.15) is 78.8 Å². The van der Waals surface area contributed by atoms with E-state index in [4.69, 9.17) is 19.9 Å². The van der Waals surface area contributed by atoms with E-state index in [-0.39, 0.29) is 12.7 Å². The molecule has 39 heavy (non-hydrogen) atoms. The van der Waals surface area contributed by atoms with Crippen LogP contribution in [0.2, 0.25) is 0 Å². The van der Waals surface area contributed by atoms with Gasteiger partial charge in [0.2, 0.25) is 6.79 Å². The number of nitrogens with one attached hydrogen (secondary N) is 1. The van der Waals surface area contributed by atoms with Crippen LogP contribution in [0.5, 0.6) is 11.5 Å². The maximum Gasteiger partial charge on any atom is 0.338 e. The zero-order chi connectivity index (χ0) is 28.4. The molecular weight excluding hydrogens is 494 g/mol. The quantitative estimate of drug-likeness (QED) is 0.249. The van der Waals surface area contributed by atoms with Crippen LogP contribution >= 0.6 is 0 Å². The van der Waals surface area contributed by atoms with Crippen molar-refractivity contribution in [2.75, 3.05) is 33.0 Å². The van der Waals surface area contributed by atoms with Crippen LogP contribution in [0.4, 0.5) is 0 Å². The van der Waals surface area contributed by atoms with Gasteiger partial charge in [0.15, 0.2) is 11.5 Å². The zero-order valence-electron chi connectivity index (χ0n) is 24.1. The standard InChI is InChI=1S/C31H45N3O5/c1-6-12-34(13-7-2)30(35)24-14-22(5)15-25(18-24)31(36)39-29(19-33-11-10-21(3)4)26(32)16-23-8-9-27-28(17-23)38-20-37-27/h8-9,14-15,17-18,21,26,29,33H,6-7,10-13,16,19-20,32H2,1-5H3/t26-,29+/m0/s1. The summed E-state index contributed by atoms with van der Waals surface area (Å²) in [7, 11) is 0. The second-order valence-electron chi connectivity index (χ2n) is 10.8. The van der Waals surface area contributed by atoms with Gasteiger partial charge in [-0.15, -0.1) is 0 Å². The summed E-state index contributed by atoms with van der Waals surface area (Å²) >= 11 is 0. The van der Waals surface area contributed by atoms with Gasteiger partial charge in [0.25, 0.3) is 5.91 Å². The predicted octanol–water partition coefficient (Wildman–Crippen LogP) is 4.72. The van der Waals surface area contributed by atoms with Crippen molar-refractivity contribution >= 4 is 11.9 Å². The minimum absolute atomic E-state index is 0.0668. The van der Waals surface area contributed by atoms with Gasteiger partial charge in [0, 0.05) is 31.2 Å². The number of rotatable bonds is 15. The minimum Gasteiger partial charge on any atom is -0.456 e. The van der Waals surface area contributed by atoms with Gasteiger partial charge >= 0.3 is 5.97 Å². The molecule has 214 valence electrons. The molecule has 0 fully saturated rings. The van der Waals surface area contributed by atoms with E-state index in [2.05, 4.69) is 33.0 Å². The van der Waals surface area contributed by atoms with E-state index >= 15 is 0 Å². The molecule has 1 amide bonds. The maximum absolute atomic E-state index is 13.4. The molecule has 0 unspecified atom stereocenters. The van der Waals surface area contributed by atoms with Gasteiger partial charge in [0.05, 0.1) is 5.56 Å². The summed E-state index contributed by atoms with van der Waals surface area (Å²) in [4.78, 5) is 28.4. The maximum atomic E-state index is 13.4. The molecule has 3 N–H and O–H groups in total. The van der Waals surface area contributed by atoms with E-state index in [1.54, 1.807) is 12.1 Å². The fourth-order valence-corrected chi connectivity index (χ4v) is 4.65. The Morgan fingerprint density at radius 2 is 1.72 bits per heavy atom. The van der Waals surface area contributed by atoms with Crippen LogP contribution in [0.25, 0.3) is 0 Å². The third-order valence-electron chi connectivity index (χ3n) is 6.72. The molecule has 8 heteroatoms. The topological polar surface area (TPSA) is 103 Å². The van der Waals surface area contributed by atoms with Crippen molar-refractivity contribution in [3.8, 4) is 11.5 Å². The lowest BCUT2D eigenvalue weighted by Crippen LogP contribution is -2.46. The monoisotopic (exact) mass is 539 g/mol. The lowest BCUT2D eigenvalue weighted by Gasteiger charge is -2.25. The molecule has 0 spiro atoms. The normalized spacial score (nSPS) is 13.8. The Balaban J connectivity index is 1.76. The first-order valence-electron chi connectivity index (χ1n) is 14.2. The average molecular weight is 540 g/mol. The van der Waals surface area contributed by atoms with Crippen molar-refractivity contribution in [3.63, 3.8) is 0 Å². The summed E-state index contributed by atoms with van der Waals surface area (Å²) in [6, 6.07) is 10.5. The number of nitrogens with two attached hydrogens (primary N) is 1. The number of ether oxygens (including phenoxy) is 3. The first-order chi connectivity index (χ1) is 18.7. The molecule has 1 aliphatic heterocycles. The van der Waals surface area contributed by atoms with Crippen LogP contribution in [-0.2, 0) is 11.2 Å². The van der Waals surface area contributed by atoms with Crippen LogP contribution < -0.4 is 20.5 Å². The van der Waals surface area contributed by atoms with Gasteiger partial charge in [-0.05, 0) is 86.5 Å². The van der Waals surface area contributed by atoms with Crippen molar-refractivity contribution in [1.29, 1.82) is 0 Å². The molecule has 0 saturated heterocycles. The highest BCUT2D eigenvalue weighted by atomic mass is 16.7. The van der Waals surface area contributed by atoms with Crippen molar-refractivity contribution < 1.29 is 23.8 Å². The van der Waals surface area contributed by atoms with Gasteiger partial charge in [-0.25, -0.2) is 4.79 Å². The number of carbonyl (C=O) groups excluding carboxylic acids is 2. The van der Waals surface area contributed by atoms with E-state index in [1.807, 2.05) is 36.1 Å². The highest BCUT2D eigenvalue weighted by molar-refractivity contribution is 5.98. The Kier molecular flexibility index (Phi) is 11.6. The Bertz CT molecular complexity index is 1100. The number of esters is 1. The highest BCUT2D eigenvalue weighted by Gasteiger charge is 2.25. The first-order valence-corrected chi connectivity index (χ1v) is 14.2. The van der Waals surface area contributed by atoms with Crippen molar-refractivity contribution in [1.82, 2.24) is 10.2 Å². The molecule has 2 aromatic rings. The number of amides is 1. The molecule has 0 aromatic heterocycles. The zero-order valence-corrected chi connectivity index (χ0v) is 24.1. The molecule has 3 rings (SSSR count). The highest BCUT2D eigenvalue weighted by Crippen LogP contribution is 2.33. The Morgan fingerprint density at radius 3 is 2.41 bits per heavy atom. The predicted molar refractivity (Wildman–Crippen MR) is 153 cm³/mol. The van der Waals surface area contributed by atoms with Crippen molar-refractivity contribution in [2.24, 2.45) is 11.7 Å². The third kappa shape index (κ3) is 8.97. The lowest BCUT2D eigenvalue weighted by atomic mass is 10.0. The van der Waals surface area contributed by atoms with Crippen LogP contribution in [0.3, 0.4) is 0 Å². The summed E-state index contributed by atoms with van der Waals surface area (Å²) in [6.45, 7) is 13.1. The van der Waals surface area contributed by atoms with Gasteiger partial charge in [-0.1, -0.05) is 33.8 Å². The number of hydrogen-bond donors (Lipinski definition) is 2. The number of carbonyl (C=O) groups is 2. The number of nitrogens with zero attached hydrogens (tertiary/aromatic N) is 1. The first kappa shape index (κ1) is 30.4. The number of benzene rings is 2. The third-order valence-corrected chi connectivity index (χ3v) is 6.72. The average Bonchev–Trinajstić information content (AvgIpc) is 3.37. The summed E-state index contributed by atoms with van der Waals surface area (Å²) < 4.78 is 16.9. The Hall–Kier alpha value is -3.10. The van der Waals surface area contributed by atoms with Gasteiger partial charge in [0.1, 0.15) is 6.10 Å². The Labute approximate surface area is 233 Å². The molecule has 1 heterocycles. The second kappa shape index (κ2) is 14.9. The number of fused-ring (bicyclic) bond motifs is 1. The smallest absolute Gasteiger partial charge is 0.338 e. The van der Waals surface area contributed by atoms with E-state index in [0.717, 1.165) is 36.9 Å². The molecular formula is C31H45N3O5. The van der Waals surface area contributed by atoms with Gasteiger partial charge < -0.3 is 30.2 Å². The lowest BCUT2D eigenvalue weighted by molar-refractivity contribution is 0.0238. The summed E-state index contributed by atoms with van der Waals surface area (Å²) in [5.41, 5.74) is 9.29. The van der Waals surface area contributed by atoms with Gasteiger partial charge in [-0.2, -0.15) is 0 Å². The van der Waals surface area contributed by atoms with Crippen LogP contribution in [-0.4, -0.2) is 61.9 Å². The second-order valence-corrected chi connectivity index (χ2v) is 10.8. The molecule has 1 aliphatic rings. The molecule has 0 bridgehead atoms. The summed E-state index contributed by atoms with van der Waals surface area (Å²) in [6.07, 6.45) is 2.69. The van der Waals surface area contributed by atoms with Gasteiger partial charge in [-0.3, -0.25) is 4.79 Å². The molecule has 0 radical (unpaired) electrons. The minimum atomic E-state index is -0.563. The van der Waals surface area contributed by atoms with E-state index in [0.29, 0.717) is 54.6 Å². The molecule has 2 atom stereocenters. The Morgan fingerprint density at radius 1 is 1.03 bits per heavy atom. The van der Waals surface area contributed by atoms with E-state index in [1.165, 1.54) is 0 Å². The van der Waals surface area contributed by atoms with E-state index < -0.39 is 18.1 Å². The molecule has 2 aromatic carbocycles. The van der Waals surface area contributed by atoms with Crippen LogP contribution in [0, 0.1) is 12.8 Å².